The van der Waals surface area contributed by atoms with Crippen LogP contribution in [0.25, 0.3) is 0 Å². The summed E-state index contributed by atoms with van der Waals surface area (Å²) >= 11 is 4.85. The molecule has 0 spiro atoms. The van der Waals surface area contributed by atoms with E-state index in [1.54, 1.807) is 6.07 Å². The summed E-state index contributed by atoms with van der Waals surface area (Å²) in [6.45, 7) is 1.92. The molecule has 0 heterocycles. The lowest BCUT2D eigenvalue weighted by atomic mass is 10.1. The fraction of sp³-hybridized carbons (Fsp3) is 0.0667. The van der Waals surface area contributed by atoms with Crippen LogP contribution in [0.4, 0.5) is 20.6 Å². The molecule has 0 atom stereocenters. The maximum Gasteiger partial charge on any atom is 0.323 e. The maximum absolute atomic E-state index is 13.2. The van der Waals surface area contributed by atoms with E-state index in [0.29, 0.717) is 11.4 Å². The maximum atomic E-state index is 13.2. The summed E-state index contributed by atoms with van der Waals surface area (Å²) in [6, 6.07) is 10.7. The van der Waals surface area contributed by atoms with Crippen LogP contribution in [0.1, 0.15) is 11.1 Å². The van der Waals surface area contributed by atoms with Crippen LogP contribution < -0.4 is 16.4 Å². The Morgan fingerprint density at radius 2 is 1.95 bits per heavy atom. The molecule has 0 bridgehead atoms. The van der Waals surface area contributed by atoms with Gasteiger partial charge in [-0.05, 0) is 42.8 Å². The molecule has 0 saturated heterocycles. The Morgan fingerprint density at radius 1 is 1.19 bits per heavy atom. The second-order valence-corrected chi connectivity index (χ2v) is 4.94. The number of nitrogens with one attached hydrogen (secondary N) is 2. The highest BCUT2D eigenvalue weighted by molar-refractivity contribution is 7.80. The fourth-order valence-corrected chi connectivity index (χ4v) is 2.01. The van der Waals surface area contributed by atoms with Crippen LogP contribution in [0.2, 0.25) is 0 Å². The molecule has 0 aliphatic carbocycles. The Bertz CT molecular complexity index is 703. The summed E-state index contributed by atoms with van der Waals surface area (Å²) in [5.74, 6) is -0.470. The van der Waals surface area contributed by atoms with Gasteiger partial charge in [-0.3, -0.25) is 0 Å². The number of thiocarbonyl (C=S) groups is 1. The van der Waals surface area contributed by atoms with E-state index in [4.69, 9.17) is 18.0 Å². The Kier molecular flexibility index (Phi) is 4.49. The largest absolute Gasteiger partial charge is 0.389 e. The van der Waals surface area contributed by atoms with Crippen molar-refractivity contribution in [3.63, 3.8) is 0 Å². The quantitative estimate of drug-likeness (QED) is 0.761. The minimum atomic E-state index is -0.470. The van der Waals surface area contributed by atoms with Crippen molar-refractivity contribution in [2.24, 2.45) is 5.73 Å². The molecule has 0 radical (unpaired) electrons. The van der Waals surface area contributed by atoms with Crippen LogP contribution in [-0.4, -0.2) is 11.0 Å². The lowest BCUT2D eigenvalue weighted by molar-refractivity contribution is 0.262. The number of aryl methyl sites for hydroxylation is 1. The van der Waals surface area contributed by atoms with Crippen molar-refractivity contribution in [3.05, 3.63) is 59.4 Å². The Morgan fingerprint density at radius 3 is 2.62 bits per heavy atom. The molecule has 2 rings (SSSR count). The van der Waals surface area contributed by atoms with Crippen LogP contribution >= 0.6 is 12.2 Å². The van der Waals surface area contributed by atoms with Crippen molar-refractivity contribution < 1.29 is 9.18 Å². The Labute approximate surface area is 127 Å². The Hall–Kier alpha value is -2.47. The summed E-state index contributed by atoms with van der Waals surface area (Å²) in [6.07, 6.45) is 0. The molecule has 108 valence electrons. The van der Waals surface area contributed by atoms with Crippen LogP contribution in [0.3, 0.4) is 0 Å². The van der Waals surface area contributed by atoms with E-state index in [2.05, 4.69) is 10.6 Å². The van der Waals surface area contributed by atoms with Gasteiger partial charge in [-0.15, -0.1) is 0 Å². The summed E-state index contributed by atoms with van der Waals surface area (Å²) < 4.78 is 13.2. The number of carbonyl (C=O) groups excluding carboxylic acids is 1. The number of halogens is 1. The normalized spacial score (nSPS) is 10.0. The van der Waals surface area contributed by atoms with Gasteiger partial charge in [0.2, 0.25) is 0 Å². The minimum Gasteiger partial charge on any atom is -0.389 e. The number of amides is 2. The van der Waals surface area contributed by atoms with E-state index in [-0.39, 0.29) is 10.6 Å². The van der Waals surface area contributed by atoms with Crippen LogP contribution in [0.15, 0.2) is 42.5 Å². The van der Waals surface area contributed by atoms with Crippen molar-refractivity contribution >= 4 is 34.6 Å². The molecular formula is C15H14FN3OS. The van der Waals surface area contributed by atoms with Gasteiger partial charge in [0, 0.05) is 11.3 Å². The van der Waals surface area contributed by atoms with Crippen LogP contribution in [0, 0.1) is 12.7 Å². The summed E-state index contributed by atoms with van der Waals surface area (Å²) in [5, 5.41) is 5.29. The molecule has 2 amide bonds. The summed E-state index contributed by atoms with van der Waals surface area (Å²) in [7, 11) is 0. The summed E-state index contributed by atoms with van der Waals surface area (Å²) in [4.78, 5) is 12.0. The van der Waals surface area contributed by atoms with E-state index in [1.165, 1.54) is 18.2 Å². The average molecular weight is 303 g/mol. The van der Waals surface area contributed by atoms with Crippen LogP contribution in [0.5, 0.6) is 0 Å². The molecule has 2 aromatic rings. The van der Waals surface area contributed by atoms with Crippen molar-refractivity contribution in [2.75, 3.05) is 10.6 Å². The predicted octanol–water partition coefficient (Wildman–Crippen LogP) is 3.41. The number of carbonyl (C=O) groups is 1. The number of rotatable bonds is 3. The molecule has 0 aromatic heterocycles. The molecule has 0 aliphatic heterocycles. The highest BCUT2D eigenvalue weighted by atomic mass is 32.1. The molecule has 0 unspecified atom stereocenters. The van der Waals surface area contributed by atoms with E-state index in [0.717, 1.165) is 5.56 Å². The zero-order chi connectivity index (χ0) is 15.4. The zero-order valence-electron chi connectivity index (χ0n) is 11.3. The topological polar surface area (TPSA) is 67.2 Å². The number of urea groups is 1. The van der Waals surface area contributed by atoms with E-state index in [1.807, 2.05) is 25.1 Å². The standard InChI is InChI=1S/C15H14FN3OS/c1-9-3-2-4-11(7-9)18-15(20)19-13-6-5-10(16)8-12(13)14(17)21/h2-8H,1H3,(H2,17,21)(H2,18,19,20). The highest BCUT2D eigenvalue weighted by Crippen LogP contribution is 2.18. The predicted molar refractivity (Wildman–Crippen MR) is 86.1 cm³/mol. The first-order valence-electron chi connectivity index (χ1n) is 6.20. The van der Waals surface area contributed by atoms with Crippen molar-refractivity contribution in [3.8, 4) is 0 Å². The number of anilines is 2. The first kappa shape index (κ1) is 14.9. The average Bonchev–Trinajstić information content (AvgIpc) is 2.40. The molecular weight excluding hydrogens is 289 g/mol. The third-order valence-corrected chi connectivity index (χ3v) is 2.99. The lowest BCUT2D eigenvalue weighted by Crippen LogP contribution is -2.22. The van der Waals surface area contributed by atoms with Gasteiger partial charge in [0.1, 0.15) is 10.8 Å². The SMILES string of the molecule is Cc1cccc(NC(=O)Nc2ccc(F)cc2C(N)=S)c1. The van der Waals surface area contributed by atoms with Crippen molar-refractivity contribution in [1.82, 2.24) is 0 Å². The first-order chi connectivity index (χ1) is 9.95. The smallest absolute Gasteiger partial charge is 0.323 e. The molecule has 0 aliphatic rings. The van der Waals surface area contributed by atoms with Gasteiger partial charge >= 0.3 is 6.03 Å². The van der Waals surface area contributed by atoms with Gasteiger partial charge in [-0.1, -0.05) is 24.4 Å². The third-order valence-electron chi connectivity index (χ3n) is 2.77. The number of hydrogen-bond donors (Lipinski definition) is 3. The molecule has 0 saturated carbocycles. The Balaban J connectivity index is 2.15. The van der Waals surface area contributed by atoms with E-state index < -0.39 is 11.8 Å². The third kappa shape index (κ3) is 4.00. The van der Waals surface area contributed by atoms with Crippen LogP contribution in [-0.2, 0) is 0 Å². The monoisotopic (exact) mass is 303 g/mol. The van der Waals surface area contributed by atoms with Gasteiger partial charge in [-0.2, -0.15) is 0 Å². The zero-order valence-corrected chi connectivity index (χ0v) is 12.1. The molecule has 6 heteroatoms. The number of hydrogen-bond acceptors (Lipinski definition) is 2. The highest BCUT2D eigenvalue weighted by Gasteiger charge is 2.10. The summed E-state index contributed by atoms with van der Waals surface area (Å²) in [5.41, 5.74) is 7.85. The van der Waals surface area contributed by atoms with E-state index in [9.17, 15) is 9.18 Å². The molecule has 4 nitrogen and oxygen atoms in total. The molecule has 0 fully saturated rings. The number of nitrogens with two attached hydrogens (primary N) is 1. The first-order valence-corrected chi connectivity index (χ1v) is 6.60. The van der Waals surface area contributed by atoms with E-state index >= 15 is 0 Å². The van der Waals surface area contributed by atoms with Gasteiger partial charge in [0.15, 0.2) is 0 Å². The van der Waals surface area contributed by atoms with Gasteiger partial charge in [-0.25, -0.2) is 9.18 Å². The second-order valence-electron chi connectivity index (χ2n) is 4.50. The van der Waals surface area contributed by atoms with Gasteiger partial charge in [0.05, 0.1) is 5.69 Å². The molecule has 4 N–H and O–H groups in total. The van der Waals surface area contributed by atoms with Crippen molar-refractivity contribution in [1.29, 1.82) is 0 Å². The van der Waals surface area contributed by atoms with Gasteiger partial charge < -0.3 is 16.4 Å². The molecule has 21 heavy (non-hydrogen) atoms. The van der Waals surface area contributed by atoms with Crippen molar-refractivity contribution in [2.45, 2.75) is 6.92 Å². The lowest BCUT2D eigenvalue weighted by Gasteiger charge is -2.11. The molecule has 2 aromatic carbocycles. The fourth-order valence-electron chi connectivity index (χ4n) is 1.84. The second kappa shape index (κ2) is 6.32. The minimum absolute atomic E-state index is 0.0142. The number of benzene rings is 2. The van der Waals surface area contributed by atoms with Gasteiger partial charge in [0.25, 0.3) is 0 Å².